The topological polar surface area (TPSA) is 94.0 Å². The fourth-order valence-corrected chi connectivity index (χ4v) is 4.45. The molecule has 1 saturated carbocycles. The van der Waals surface area contributed by atoms with Gasteiger partial charge in [0.15, 0.2) is 9.84 Å². The van der Waals surface area contributed by atoms with Crippen LogP contribution in [0.25, 0.3) is 0 Å². The van der Waals surface area contributed by atoms with E-state index in [1.165, 1.54) is 29.9 Å². The second-order valence-electron chi connectivity index (χ2n) is 7.36. The van der Waals surface area contributed by atoms with Crippen LogP contribution in [0.4, 0.5) is 5.82 Å². The Hall–Kier alpha value is -2.22. The molecule has 1 N–H and O–H groups in total. The highest BCUT2D eigenvalue weighted by molar-refractivity contribution is 7.92. The molecule has 27 heavy (non-hydrogen) atoms. The smallest absolute Gasteiger partial charge is 0.250 e. The number of hydrogen-bond acceptors (Lipinski definition) is 5. The van der Waals surface area contributed by atoms with Gasteiger partial charge in [0, 0.05) is 12.4 Å². The van der Waals surface area contributed by atoms with Crippen molar-refractivity contribution in [3.05, 3.63) is 36.8 Å². The average Bonchev–Trinajstić information content (AvgIpc) is 3.32. The van der Waals surface area contributed by atoms with Crippen molar-refractivity contribution in [2.45, 2.75) is 62.1 Å². The first-order valence-electron chi connectivity index (χ1n) is 9.38. The zero-order valence-electron chi connectivity index (χ0n) is 15.7. The number of sulfone groups is 1. The first-order valence-corrected chi connectivity index (χ1v) is 10.9. The van der Waals surface area contributed by atoms with Crippen molar-refractivity contribution >= 4 is 21.6 Å². The number of carbonyl (C=O) groups is 1. The molecule has 1 amide bonds. The molecule has 0 aliphatic heterocycles. The minimum absolute atomic E-state index is 0.152. The number of anilines is 1. The van der Waals surface area contributed by atoms with E-state index >= 15 is 0 Å². The first kappa shape index (κ1) is 19.5. The van der Waals surface area contributed by atoms with Crippen LogP contribution in [-0.4, -0.2) is 34.3 Å². The summed E-state index contributed by atoms with van der Waals surface area (Å²) in [7, 11) is -3.43. The van der Waals surface area contributed by atoms with Gasteiger partial charge in [0.05, 0.1) is 11.4 Å². The van der Waals surface area contributed by atoms with Gasteiger partial charge in [-0.15, -0.1) is 0 Å². The van der Waals surface area contributed by atoms with Gasteiger partial charge in [-0.2, -0.15) is 5.10 Å². The number of pyridine rings is 1. The molecule has 2 heterocycles. The molecule has 8 heteroatoms. The van der Waals surface area contributed by atoms with Crippen LogP contribution >= 0.6 is 0 Å². The van der Waals surface area contributed by atoms with E-state index < -0.39 is 21.1 Å². The summed E-state index contributed by atoms with van der Waals surface area (Å²) in [5.74, 6) is 0.692. The van der Waals surface area contributed by atoms with Gasteiger partial charge in [0.1, 0.15) is 16.8 Å². The average molecular weight is 391 g/mol. The molecule has 1 aliphatic carbocycles. The molecule has 146 valence electrons. The van der Waals surface area contributed by atoms with Gasteiger partial charge in [-0.25, -0.2) is 13.4 Å². The molecule has 1 fully saturated rings. The van der Waals surface area contributed by atoms with Gasteiger partial charge in [0.2, 0.25) is 5.91 Å². The van der Waals surface area contributed by atoms with Crippen molar-refractivity contribution in [2.24, 2.45) is 5.92 Å². The van der Waals surface area contributed by atoms with Crippen LogP contribution in [0.3, 0.4) is 0 Å². The number of nitrogens with zero attached hydrogens (tertiary/aromatic N) is 3. The molecule has 0 saturated heterocycles. The maximum absolute atomic E-state index is 12.9. The SMILES string of the molecule is CC(C)S(=O)(=O)c1cnn(C(CC2CCCC2)C(=O)Nc2ccccn2)c1. The van der Waals surface area contributed by atoms with Crippen molar-refractivity contribution in [1.82, 2.24) is 14.8 Å². The van der Waals surface area contributed by atoms with Crippen molar-refractivity contribution in [2.75, 3.05) is 5.32 Å². The highest BCUT2D eigenvalue weighted by Gasteiger charge is 2.29. The zero-order valence-corrected chi connectivity index (χ0v) is 16.5. The Bertz CT molecular complexity index is 871. The summed E-state index contributed by atoms with van der Waals surface area (Å²) in [6, 6.07) is 4.74. The molecule has 1 aliphatic rings. The van der Waals surface area contributed by atoms with Crippen molar-refractivity contribution in [3.8, 4) is 0 Å². The van der Waals surface area contributed by atoms with Gasteiger partial charge in [0.25, 0.3) is 0 Å². The predicted molar refractivity (Wildman–Crippen MR) is 103 cm³/mol. The van der Waals surface area contributed by atoms with Crippen LogP contribution in [0, 0.1) is 5.92 Å². The van der Waals surface area contributed by atoms with Crippen molar-refractivity contribution in [3.63, 3.8) is 0 Å². The van der Waals surface area contributed by atoms with E-state index in [-0.39, 0.29) is 10.8 Å². The molecule has 0 radical (unpaired) electrons. The summed E-state index contributed by atoms with van der Waals surface area (Å²) in [6.07, 6.45) is 9.59. The van der Waals surface area contributed by atoms with E-state index in [1.807, 2.05) is 0 Å². The Kier molecular flexibility index (Phi) is 5.94. The first-order chi connectivity index (χ1) is 12.9. The lowest BCUT2D eigenvalue weighted by molar-refractivity contribution is -0.120. The number of nitrogens with one attached hydrogen (secondary N) is 1. The number of carbonyl (C=O) groups excluding carboxylic acids is 1. The third-order valence-electron chi connectivity index (χ3n) is 5.10. The number of aromatic nitrogens is 3. The molecule has 7 nitrogen and oxygen atoms in total. The standard InChI is InChI=1S/C19H26N4O3S/c1-14(2)27(25,26)16-12-21-23(13-16)17(11-15-7-3-4-8-15)19(24)22-18-9-5-6-10-20-18/h5-6,9-10,12-15,17H,3-4,7-8,11H2,1-2H3,(H,20,22,24). The third kappa shape index (κ3) is 4.55. The number of rotatable bonds is 7. The predicted octanol–water partition coefficient (Wildman–Crippen LogP) is 3.22. The summed E-state index contributed by atoms with van der Waals surface area (Å²) in [6.45, 7) is 3.27. The fourth-order valence-electron chi connectivity index (χ4n) is 3.45. The monoisotopic (exact) mass is 390 g/mol. The Morgan fingerprint density at radius 2 is 2.04 bits per heavy atom. The highest BCUT2D eigenvalue weighted by Crippen LogP contribution is 2.32. The van der Waals surface area contributed by atoms with Crippen LogP contribution in [0.2, 0.25) is 0 Å². The molecule has 2 aromatic heterocycles. The minimum Gasteiger partial charge on any atom is -0.309 e. The fraction of sp³-hybridized carbons (Fsp3) is 0.526. The second kappa shape index (κ2) is 8.21. The van der Waals surface area contributed by atoms with E-state index in [2.05, 4.69) is 15.4 Å². The molecule has 1 unspecified atom stereocenters. The van der Waals surface area contributed by atoms with E-state index in [0.29, 0.717) is 18.2 Å². The van der Waals surface area contributed by atoms with E-state index in [0.717, 1.165) is 12.8 Å². The second-order valence-corrected chi connectivity index (χ2v) is 9.86. The van der Waals surface area contributed by atoms with Gasteiger partial charge in [-0.05, 0) is 38.3 Å². The maximum atomic E-state index is 12.9. The summed E-state index contributed by atoms with van der Waals surface area (Å²) >= 11 is 0. The maximum Gasteiger partial charge on any atom is 0.250 e. The highest BCUT2D eigenvalue weighted by atomic mass is 32.2. The van der Waals surface area contributed by atoms with Crippen LogP contribution in [0.5, 0.6) is 0 Å². The van der Waals surface area contributed by atoms with Crippen LogP contribution in [0.1, 0.15) is 52.0 Å². The van der Waals surface area contributed by atoms with E-state index in [4.69, 9.17) is 0 Å². The molecule has 2 aromatic rings. The van der Waals surface area contributed by atoms with E-state index in [1.54, 1.807) is 38.2 Å². The Balaban J connectivity index is 1.85. The van der Waals surface area contributed by atoms with Crippen molar-refractivity contribution in [1.29, 1.82) is 0 Å². The quantitative estimate of drug-likeness (QED) is 0.783. The van der Waals surface area contributed by atoms with Gasteiger partial charge < -0.3 is 5.32 Å². The van der Waals surface area contributed by atoms with Gasteiger partial charge in [-0.1, -0.05) is 31.7 Å². The molecule has 0 spiro atoms. The number of amides is 1. The molecular formula is C19H26N4O3S. The molecule has 0 aromatic carbocycles. The number of hydrogen-bond donors (Lipinski definition) is 1. The minimum atomic E-state index is -3.43. The third-order valence-corrected chi connectivity index (χ3v) is 7.21. The van der Waals surface area contributed by atoms with Crippen LogP contribution < -0.4 is 5.32 Å². The Labute approximate surface area is 160 Å². The molecule has 3 rings (SSSR count). The zero-order chi connectivity index (χ0) is 19.4. The lowest BCUT2D eigenvalue weighted by atomic mass is 9.98. The summed E-state index contributed by atoms with van der Waals surface area (Å²) in [5, 5.41) is 6.51. The van der Waals surface area contributed by atoms with Crippen molar-refractivity contribution < 1.29 is 13.2 Å². The summed E-state index contributed by atoms with van der Waals surface area (Å²) < 4.78 is 26.3. The molecule has 1 atom stereocenters. The molecular weight excluding hydrogens is 364 g/mol. The lowest BCUT2D eigenvalue weighted by Gasteiger charge is -2.20. The normalized spacial score (nSPS) is 16.6. The molecule has 0 bridgehead atoms. The Morgan fingerprint density at radius 3 is 2.67 bits per heavy atom. The summed E-state index contributed by atoms with van der Waals surface area (Å²) in [5.41, 5.74) is 0. The van der Waals surface area contributed by atoms with Gasteiger partial charge >= 0.3 is 0 Å². The van der Waals surface area contributed by atoms with Crippen LogP contribution in [0.15, 0.2) is 41.7 Å². The van der Waals surface area contributed by atoms with E-state index in [9.17, 15) is 13.2 Å². The lowest BCUT2D eigenvalue weighted by Crippen LogP contribution is -2.28. The summed E-state index contributed by atoms with van der Waals surface area (Å²) in [4.78, 5) is 17.2. The van der Waals surface area contributed by atoms with Crippen LogP contribution in [-0.2, 0) is 14.6 Å². The Morgan fingerprint density at radius 1 is 1.30 bits per heavy atom. The van der Waals surface area contributed by atoms with Gasteiger partial charge in [-0.3, -0.25) is 9.48 Å². The largest absolute Gasteiger partial charge is 0.309 e.